The Balaban J connectivity index is 1.52. The van der Waals surface area contributed by atoms with E-state index in [2.05, 4.69) is 0 Å². The van der Waals surface area contributed by atoms with Crippen LogP contribution in [0.25, 0.3) is 0 Å². The molecule has 1 spiro atoms. The number of hydrogen-bond acceptors (Lipinski definition) is 4. The predicted molar refractivity (Wildman–Crippen MR) is 112 cm³/mol. The van der Waals surface area contributed by atoms with Crippen LogP contribution in [0, 0.1) is 0 Å². The Morgan fingerprint density at radius 1 is 1.10 bits per heavy atom. The number of hydrogen-bond donors (Lipinski definition) is 0. The van der Waals surface area contributed by atoms with E-state index in [4.69, 9.17) is 4.74 Å². The molecular formula is C22H21F3N2O3S. The number of halogens is 3. The van der Waals surface area contributed by atoms with Crippen molar-refractivity contribution in [1.82, 2.24) is 4.90 Å². The normalized spacial score (nSPS) is 18.5. The zero-order chi connectivity index (χ0) is 22.2. The third kappa shape index (κ3) is 4.11. The number of alkyl halides is 3. The number of benzene rings is 2. The summed E-state index contributed by atoms with van der Waals surface area (Å²) in [5.74, 6) is 0.548. The minimum Gasteiger partial charge on any atom is -0.497 e. The maximum Gasteiger partial charge on any atom is 0.416 e. The van der Waals surface area contributed by atoms with Crippen molar-refractivity contribution in [2.24, 2.45) is 0 Å². The highest BCUT2D eigenvalue weighted by atomic mass is 32.2. The number of ether oxygens (including phenoxy) is 1. The van der Waals surface area contributed by atoms with Crippen LogP contribution in [-0.2, 0) is 11.0 Å². The zero-order valence-electron chi connectivity index (χ0n) is 16.8. The number of likely N-dealkylation sites (tertiary alicyclic amines) is 1. The molecule has 0 saturated carbocycles. The molecule has 31 heavy (non-hydrogen) atoms. The van der Waals surface area contributed by atoms with Gasteiger partial charge in [-0.1, -0.05) is 6.07 Å². The lowest BCUT2D eigenvalue weighted by atomic mass is 9.99. The lowest BCUT2D eigenvalue weighted by Crippen LogP contribution is -2.53. The Bertz CT molecular complexity index is 986. The largest absolute Gasteiger partial charge is 0.497 e. The van der Waals surface area contributed by atoms with Crippen LogP contribution < -0.4 is 9.64 Å². The van der Waals surface area contributed by atoms with Crippen LogP contribution in [0.1, 0.15) is 28.8 Å². The van der Waals surface area contributed by atoms with Crippen LogP contribution in [0.3, 0.4) is 0 Å². The summed E-state index contributed by atoms with van der Waals surface area (Å²) in [6.07, 6.45) is -3.50. The topological polar surface area (TPSA) is 49.9 Å². The smallest absolute Gasteiger partial charge is 0.416 e. The summed E-state index contributed by atoms with van der Waals surface area (Å²) in [7, 11) is 1.55. The number of thioether (sulfide) groups is 1. The molecule has 2 saturated heterocycles. The number of rotatable bonds is 3. The fourth-order valence-corrected chi connectivity index (χ4v) is 5.43. The molecule has 2 aromatic carbocycles. The Morgan fingerprint density at radius 3 is 2.39 bits per heavy atom. The molecule has 0 N–H and O–H groups in total. The van der Waals surface area contributed by atoms with Crippen molar-refractivity contribution in [1.29, 1.82) is 0 Å². The first kappa shape index (κ1) is 21.5. The molecule has 4 rings (SSSR count). The van der Waals surface area contributed by atoms with Gasteiger partial charge in [0.2, 0.25) is 5.91 Å². The Labute approximate surface area is 182 Å². The molecular weight excluding hydrogens is 429 g/mol. The van der Waals surface area contributed by atoms with Crippen molar-refractivity contribution in [2.75, 3.05) is 30.9 Å². The molecule has 0 aliphatic carbocycles. The molecule has 9 heteroatoms. The summed E-state index contributed by atoms with van der Waals surface area (Å²) >= 11 is 1.45. The van der Waals surface area contributed by atoms with Crippen molar-refractivity contribution < 1.29 is 27.5 Å². The van der Waals surface area contributed by atoms with Crippen LogP contribution in [0.4, 0.5) is 18.9 Å². The molecule has 2 heterocycles. The molecule has 0 bridgehead atoms. The molecule has 0 radical (unpaired) electrons. The predicted octanol–water partition coefficient (Wildman–Crippen LogP) is 4.43. The van der Waals surface area contributed by atoms with Gasteiger partial charge in [-0.15, -0.1) is 11.8 Å². The average Bonchev–Trinajstić information content (AvgIpc) is 3.09. The number of carbonyl (C=O) groups is 2. The molecule has 164 valence electrons. The molecule has 2 amide bonds. The third-order valence-corrected chi connectivity index (χ3v) is 7.24. The Kier molecular flexibility index (Phi) is 5.63. The van der Waals surface area contributed by atoms with Crippen LogP contribution in [0.5, 0.6) is 5.75 Å². The van der Waals surface area contributed by atoms with Gasteiger partial charge in [0.15, 0.2) is 0 Å². The maximum absolute atomic E-state index is 13.2. The number of carbonyl (C=O) groups excluding carboxylic acids is 2. The minimum absolute atomic E-state index is 0.113. The molecule has 2 aliphatic rings. The van der Waals surface area contributed by atoms with Gasteiger partial charge in [-0.3, -0.25) is 14.5 Å². The molecule has 5 nitrogen and oxygen atoms in total. The molecule has 0 atom stereocenters. The Hall–Kier alpha value is -2.68. The Morgan fingerprint density at radius 2 is 1.77 bits per heavy atom. The van der Waals surface area contributed by atoms with E-state index < -0.39 is 16.6 Å². The zero-order valence-corrected chi connectivity index (χ0v) is 17.6. The number of piperidine rings is 1. The fourth-order valence-electron chi connectivity index (χ4n) is 4.10. The van der Waals surface area contributed by atoms with E-state index in [-0.39, 0.29) is 23.3 Å². The standard InChI is InChI=1S/C22H21F3N2O3S/c1-30-18-7-5-15(6-8-18)20(29)26-11-9-21(10-12-26)27(19(28)14-31-21)17-4-2-3-16(13-17)22(23,24)25/h2-8,13H,9-12,14H2,1H3. The highest BCUT2D eigenvalue weighted by Gasteiger charge is 2.49. The highest BCUT2D eigenvalue weighted by molar-refractivity contribution is 8.02. The lowest BCUT2D eigenvalue weighted by Gasteiger charge is -2.44. The second-order valence-electron chi connectivity index (χ2n) is 7.53. The lowest BCUT2D eigenvalue weighted by molar-refractivity contribution is -0.137. The quantitative estimate of drug-likeness (QED) is 0.695. The van der Waals surface area contributed by atoms with Crippen molar-refractivity contribution >= 4 is 29.3 Å². The van der Waals surface area contributed by atoms with E-state index in [0.717, 1.165) is 12.1 Å². The number of amides is 2. The van der Waals surface area contributed by atoms with Gasteiger partial charge >= 0.3 is 6.18 Å². The van der Waals surface area contributed by atoms with Gasteiger partial charge in [0.05, 0.1) is 23.3 Å². The molecule has 0 unspecified atom stereocenters. The number of anilines is 1. The minimum atomic E-state index is -4.48. The van der Waals surface area contributed by atoms with Gasteiger partial charge < -0.3 is 9.64 Å². The van der Waals surface area contributed by atoms with Crippen molar-refractivity contribution in [3.63, 3.8) is 0 Å². The van der Waals surface area contributed by atoms with E-state index in [0.29, 0.717) is 37.2 Å². The first-order chi connectivity index (χ1) is 14.7. The number of methoxy groups -OCH3 is 1. The fraction of sp³-hybridized carbons (Fsp3) is 0.364. The van der Waals surface area contributed by atoms with Crippen LogP contribution >= 0.6 is 11.8 Å². The monoisotopic (exact) mass is 450 g/mol. The maximum atomic E-state index is 13.2. The molecule has 2 aliphatic heterocycles. The summed E-state index contributed by atoms with van der Waals surface area (Å²) in [6, 6.07) is 11.7. The highest BCUT2D eigenvalue weighted by Crippen LogP contribution is 2.47. The summed E-state index contributed by atoms with van der Waals surface area (Å²) in [4.78, 5) is 28.1. The summed E-state index contributed by atoms with van der Waals surface area (Å²) in [5.41, 5.74) is 0.0124. The first-order valence-electron chi connectivity index (χ1n) is 9.81. The van der Waals surface area contributed by atoms with Gasteiger partial charge in [0.25, 0.3) is 5.91 Å². The van der Waals surface area contributed by atoms with Gasteiger partial charge in [-0.25, -0.2) is 0 Å². The average molecular weight is 450 g/mol. The SMILES string of the molecule is COc1ccc(C(=O)N2CCC3(CC2)SCC(=O)N3c2cccc(C(F)(F)F)c2)cc1. The van der Waals surface area contributed by atoms with Gasteiger partial charge in [-0.2, -0.15) is 13.2 Å². The number of nitrogens with zero attached hydrogens (tertiary/aromatic N) is 2. The van der Waals surface area contributed by atoms with E-state index in [1.165, 1.54) is 28.8 Å². The second-order valence-corrected chi connectivity index (χ2v) is 8.87. The molecule has 2 aromatic rings. The first-order valence-corrected chi connectivity index (χ1v) is 10.8. The van der Waals surface area contributed by atoms with E-state index in [1.54, 1.807) is 36.3 Å². The van der Waals surface area contributed by atoms with E-state index >= 15 is 0 Å². The van der Waals surface area contributed by atoms with Gasteiger partial charge in [0, 0.05) is 24.3 Å². The summed E-state index contributed by atoms with van der Waals surface area (Å²) in [6.45, 7) is 0.835. The van der Waals surface area contributed by atoms with Gasteiger partial charge in [0.1, 0.15) is 5.75 Å². The van der Waals surface area contributed by atoms with Crippen molar-refractivity contribution in [3.05, 3.63) is 59.7 Å². The third-order valence-electron chi connectivity index (χ3n) is 5.72. The van der Waals surface area contributed by atoms with Crippen molar-refractivity contribution in [3.8, 4) is 5.75 Å². The summed E-state index contributed by atoms with van der Waals surface area (Å²) < 4.78 is 44.6. The molecule has 0 aromatic heterocycles. The van der Waals surface area contributed by atoms with Crippen LogP contribution in [0.15, 0.2) is 48.5 Å². The second kappa shape index (κ2) is 8.11. The van der Waals surface area contributed by atoms with Crippen LogP contribution in [-0.4, -0.2) is 47.5 Å². The molecule has 2 fully saturated rings. The van der Waals surface area contributed by atoms with Gasteiger partial charge in [-0.05, 0) is 55.3 Å². The van der Waals surface area contributed by atoms with E-state index in [1.807, 2.05) is 0 Å². The van der Waals surface area contributed by atoms with Crippen molar-refractivity contribution in [2.45, 2.75) is 23.9 Å². The van der Waals surface area contributed by atoms with Crippen LogP contribution in [0.2, 0.25) is 0 Å². The van der Waals surface area contributed by atoms with E-state index in [9.17, 15) is 22.8 Å². The summed E-state index contributed by atoms with van der Waals surface area (Å²) in [5, 5.41) is 0.